The molecule has 108 valence electrons. The molecule has 0 aliphatic rings. The summed E-state index contributed by atoms with van der Waals surface area (Å²) < 4.78 is 56.8. The highest BCUT2D eigenvalue weighted by atomic mass is 32.2. The van der Waals surface area contributed by atoms with Crippen molar-refractivity contribution in [3.8, 4) is 0 Å². The van der Waals surface area contributed by atoms with E-state index in [0.29, 0.717) is 17.5 Å². The largest absolute Gasteiger partial charge is 0.361 e. The maximum atomic E-state index is 13.0. The van der Waals surface area contributed by atoms with Gasteiger partial charge in [0.25, 0.3) is 0 Å². The van der Waals surface area contributed by atoms with Gasteiger partial charge in [-0.25, -0.2) is 21.9 Å². The molecule has 5 nitrogen and oxygen atoms in total. The van der Waals surface area contributed by atoms with Crippen LogP contribution in [0.25, 0.3) is 0 Å². The molecule has 0 aliphatic heterocycles. The highest BCUT2D eigenvalue weighted by Crippen LogP contribution is 2.13. The molecule has 1 aromatic carbocycles. The third kappa shape index (κ3) is 3.61. The Morgan fingerprint density at radius 3 is 2.40 bits per heavy atom. The summed E-state index contributed by atoms with van der Waals surface area (Å²) in [5.41, 5.74) is 0.690. The summed E-state index contributed by atoms with van der Waals surface area (Å²) in [6.07, 6.45) is 0.290. The Kier molecular flexibility index (Phi) is 4.15. The van der Waals surface area contributed by atoms with E-state index in [4.69, 9.17) is 4.52 Å². The van der Waals surface area contributed by atoms with Crippen LogP contribution in [0.4, 0.5) is 8.78 Å². The first-order valence-corrected chi connectivity index (χ1v) is 7.23. The third-order valence-electron chi connectivity index (χ3n) is 2.49. The van der Waals surface area contributed by atoms with Crippen molar-refractivity contribution < 1.29 is 21.7 Å². The molecule has 0 spiro atoms. The van der Waals surface area contributed by atoms with Crippen molar-refractivity contribution in [3.63, 3.8) is 0 Å². The van der Waals surface area contributed by atoms with Crippen LogP contribution in [-0.4, -0.2) is 20.1 Å². The van der Waals surface area contributed by atoms with E-state index in [1.54, 1.807) is 13.0 Å². The van der Waals surface area contributed by atoms with Crippen LogP contribution in [0, 0.1) is 18.6 Å². The Morgan fingerprint density at radius 2 is 1.85 bits per heavy atom. The van der Waals surface area contributed by atoms with Gasteiger partial charge in [-0.2, -0.15) is 0 Å². The monoisotopic (exact) mass is 302 g/mol. The van der Waals surface area contributed by atoms with Gasteiger partial charge in [0.05, 0.1) is 10.6 Å². The first-order chi connectivity index (χ1) is 9.37. The molecule has 0 aliphatic carbocycles. The quantitative estimate of drug-likeness (QED) is 0.914. The number of rotatable bonds is 5. The number of benzene rings is 1. The van der Waals surface area contributed by atoms with Gasteiger partial charge in [0, 0.05) is 25.1 Å². The molecular formula is C12H12F2N2O3S. The van der Waals surface area contributed by atoms with E-state index in [1.165, 1.54) is 0 Å². The molecule has 0 saturated heterocycles. The lowest BCUT2D eigenvalue weighted by Crippen LogP contribution is -2.26. The fourth-order valence-corrected chi connectivity index (χ4v) is 2.68. The second-order valence-electron chi connectivity index (χ2n) is 4.19. The van der Waals surface area contributed by atoms with Crippen LogP contribution in [-0.2, 0) is 16.4 Å². The maximum absolute atomic E-state index is 13.0. The molecule has 0 radical (unpaired) electrons. The first-order valence-electron chi connectivity index (χ1n) is 5.75. The number of nitrogens with zero attached hydrogens (tertiary/aromatic N) is 1. The van der Waals surface area contributed by atoms with Gasteiger partial charge >= 0.3 is 0 Å². The molecule has 0 saturated carbocycles. The number of aromatic nitrogens is 1. The van der Waals surface area contributed by atoms with Crippen LogP contribution >= 0.6 is 0 Å². The molecule has 0 atom stereocenters. The molecule has 2 aromatic rings. The number of nitrogens with one attached hydrogen (secondary N) is 1. The van der Waals surface area contributed by atoms with Gasteiger partial charge < -0.3 is 4.52 Å². The minimum absolute atomic E-state index is 0.0368. The average Bonchev–Trinajstić information content (AvgIpc) is 2.73. The van der Waals surface area contributed by atoms with Gasteiger partial charge in [0.15, 0.2) is 0 Å². The molecule has 8 heteroatoms. The molecular weight excluding hydrogens is 290 g/mol. The van der Waals surface area contributed by atoms with Crippen molar-refractivity contribution in [2.24, 2.45) is 0 Å². The van der Waals surface area contributed by atoms with Crippen molar-refractivity contribution in [3.05, 3.63) is 47.4 Å². The topological polar surface area (TPSA) is 72.2 Å². The van der Waals surface area contributed by atoms with Gasteiger partial charge in [0.2, 0.25) is 10.0 Å². The zero-order valence-corrected chi connectivity index (χ0v) is 11.4. The summed E-state index contributed by atoms with van der Waals surface area (Å²) in [5, 5.41) is 3.66. The predicted molar refractivity (Wildman–Crippen MR) is 66.5 cm³/mol. The molecule has 2 rings (SSSR count). The van der Waals surface area contributed by atoms with Crippen molar-refractivity contribution in [2.45, 2.75) is 18.2 Å². The summed E-state index contributed by atoms with van der Waals surface area (Å²) >= 11 is 0. The average molecular weight is 302 g/mol. The lowest BCUT2D eigenvalue weighted by molar-refractivity contribution is 0.379. The molecule has 0 amide bonds. The van der Waals surface area contributed by atoms with Gasteiger partial charge in [-0.1, -0.05) is 5.16 Å². The highest BCUT2D eigenvalue weighted by molar-refractivity contribution is 7.89. The third-order valence-corrected chi connectivity index (χ3v) is 3.93. The number of hydrogen-bond acceptors (Lipinski definition) is 4. The van der Waals surface area contributed by atoms with Crippen LogP contribution < -0.4 is 4.72 Å². The molecule has 0 bridgehead atoms. The van der Waals surface area contributed by atoms with E-state index in [2.05, 4.69) is 9.88 Å². The standard InChI is InChI=1S/C12H12F2N2O3S/c1-8-4-11(19-16-8)2-3-15-20(17,18)12-6-9(13)5-10(14)7-12/h4-7,15H,2-3H2,1H3. The van der Waals surface area contributed by atoms with Crippen molar-refractivity contribution in [1.29, 1.82) is 0 Å². The smallest absolute Gasteiger partial charge is 0.240 e. The minimum atomic E-state index is -3.96. The first kappa shape index (κ1) is 14.6. The Bertz CT molecular complexity index is 693. The summed E-state index contributed by atoms with van der Waals surface area (Å²) in [7, 11) is -3.96. The van der Waals surface area contributed by atoms with E-state index in [0.717, 1.165) is 12.1 Å². The van der Waals surface area contributed by atoms with Gasteiger partial charge in [-0.3, -0.25) is 0 Å². The molecule has 20 heavy (non-hydrogen) atoms. The van der Waals surface area contributed by atoms with Gasteiger partial charge in [-0.15, -0.1) is 0 Å². The fourth-order valence-electron chi connectivity index (χ4n) is 1.61. The van der Waals surface area contributed by atoms with Crippen molar-refractivity contribution in [1.82, 2.24) is 9.88 Å². The zero-order chi connectivity index (χ0) is 14.8. The molecule has 1 heterocycles. The van der Waals surface area contributed by atoms with Crippen LogP contribution in [0.5, 0.6) is 0 Å². The predicted octanol–water partition coefficient (Wildman–Crippen LogP) is 1.78. The van der Waals surface area contributed by atoms with Gasteiger partial charge in [0.1, 0.15) is 17.4 Å². The molecule has 0 fully saturated rings. The van der Waals surface area contributed by atoms with E-state index in [1.807, 2.05) is 0 Å². The maximum Gasteiger partial charge on any atom is 0.240 e. The highest BCUT2D eigenvalue weighted by Gasteiger charge is 2.16. The fraction of sp³-hybridized carbons (Fsp3) is 0.250. The Morgan fingerprint density at radius 1 is 1.20 bits per heavy atom. The summed E-state index contributed by atoms with van der Waals surface area (Å²) in [6, 6.07) is 3.79. The number of aryl methyl sites for hydroxylation is 1. The second kappa shape index (κ2) is 5.68. The van der Waals surface area contributed by atoms with Crippen LogP contribution in [0.2, 0.25) is 0 Å². The lowest BCUT2D eigenvalue weighted by atomic mass is 10.3. The van der Waals surface area contributed by atoms with Crippen LogP contribution in [0.1, 0.15) is 11.5 Å². The molecule has 1 N–H and O–H groups in total. The summed E-state index contributed by atoms with van der Waals surface area (Å²) in [4.78, 5) is -0.455. The normalized spacial score (nSPS) is 11.8. The second-order valence-corrected chi connectivity index (χ2v) is 5.95. The number of hydrogen-bond donors (Lipinski definition) is 1. The van der Waals surface area contributed by atoms with E-state index >= 15 is 0 Å². The molecule has 1 aromatic heterocycles. The summed E-state index contributed by atoms with van der Waals surface area (Å²) in [5.74, 6) is -1.37. The zero-order valence-electron chi connectivity index (χ0n) is 10.6. The van der Waals surface area contributed by atoms with E-state index in [-0.39, 0.29) is 13.0 Å². The lowest BCUT2D eigenvalue weighted by Gasteiger charge is -2.06. The van der Waals surface area contributed by atoms with Gasteiger partial charge in [-0.05, 0) is 19.1 Å². The minimum Gasteiger partial charge on any atom is -0.361 e. The molecule has 0 unspecified atom stereocenters. The number of halogens is 2. The van der Waals surface area contributed by atoms with E-state index < -0.39 is 26.6 Å². The Labute approximate surface area is 114 Å². The Hall–Kier alpha value is -1.80. The Balaban J connectivity index is 2.03. The van der Waals surface area contributed by atoms with E-state index in [9.17, 15) is 17.2 Å². The van der Waals surface area contributed by atoms with Crippen molar-refractivity contribution in [2.75, 3.05) is 6.54 Å². The van der Waals surface area contributed by atoms with Crippen LogP contribution in [0.15, 0.2) is 33.7 Å². The number of sulfonamides is 1. The SMILES string of the molecule is Cc1cc(CCNS(=O)(=O)c2cc(F)cc(F)c2)on1. The van der Waals surface area contributed by atoms with Crippen LogP contribution in [0.3, 0.4) is 0 Å². The van der Waals surface area contributed by atoms with Crippen molar-refractivity contribution >= 4 is 10.0 Å². The summed E-state index contributed by atoms with van der Waals surface area (Å²) in [6.45, 7) is 1.78.